The fourth-order valence-corrected chi connectivity index (χ4v) is 1.62. The number of carbonyl (C=O) groups is 1. The highest BCUT2D eigenvalue weighted by atomic mass is 35.5. The molecule has 1 fully saturated rings. The third-order valence-electron chi connectivity index (χ3n) is 2.30. The third kappa shape index (κ3) is 3.09. The maximum absolute atomic E-state index is 11.1. The molecular formula is C8H16ClNO2. The van der Waals surface area contributed by atoms with Gasteiger partial charge in [-0.3, -0.25) is 4.79 Å². The van der Waals surface area contributed by atoms with Gasteiger partial charge >= 0.3 is 0 Å². The SMILES string of the molecule is Cl.NCC(=O)C1CCCC(O)C1. The Bertz CT molecular complexity index is 152. The van der Waals surface area contributed by atoms with Crippen molar-refractivity contribution in [1.29, 1.82) is 0 Å². The van der Waals surface area contributed by atoms with Gasteiger partial charge in [-0.15, -0.1) is 12.4 Å². The lowest BCUT2D eigenvalue weighted by atomic mass is 9.84. The van der Waals surface area contributed by atoms with E-state index in [0.717, 1.165) is 19.3 Å². The van der Waals surface area contributed by atoms with Crippen molar-refractivity contribution in [3.63, 3.8) is 0 Å². The molecule has 2 unspecified atom stereocenters. The van der Waals surface area contributed by atoms with E-state index in [1.165, 1.54) is 0 Å². The van der Waals surface area contributed by atoms with E-state index in [1.807, 2.05) is 0 Å². The van der Waals surface area contributed by atoms with Gasteiger partial charge in [0.25, 0.3) is 0 Å². The van der Waals surface area contributed by atoms with Gasteiger partial charge < -0.3 is 10.8 Å². The molecule has 1 saturated carbocycles. The Morgan fingerprint density at radius 3 is 2.67 bits per heavy atom. The Morgan fingerprint density at radius 1 is 1.50 bits per heavy atom. The fourth-order valence-electron chi connectivity index (χ4n) is 1.62. The van der Waals surface area contributed by atoms with E-state index in [2.05, 4.69) is 0 Å². The minimum atomic E-state index is -0.274. The van der Waals surface area contributed by atoms with Crippen LogP contribution in [0.25, 0.3) is 0 Å². The number of aliphatic hydroxyl groups excluding tert-OH is 1. The molecule has 0 radical (unpaired) electrons. The Kier molecular flexibility index (Phi) is 5.46. The van der Waals surface area contributed by atoms with Gasteiger partial charge in [0.05, 0.1) is 12.6 Å². The number of nitrogens with two attached hydrogens (primary N) is 1. The number of Topliss-reactive ketones (excluding diaryl/α,β-unsaturated/α-hetero) is 1. The second kappa shape index (κ2) is 5.51. The quantitative estimate of drug-likeness (QED) is 0.671. The predicted octanol–water partition coefficient (Wildman–Crippen LogP) is 0.487. The minimum Gasteiger partial charge on any atom is -0.393 e. The summed E-state index contributed by atoms with van der Waals surface area (Å²) >= 11 is 0. The first-order valence-electron chi connectivity index (χ1n) is 4.15. The van der Waals surface area contributed by atoms with Crippen LogP contribution in [0.4, 0.5) is 0 Å². The molecule has 0 bridgehead atoms. The number of hydrogen-bond acceptors (Lipinski definition) is 3. The molecule has 12 heavy (non-hydrogen) atoms. The lowest BCUT2D eigenvalue weighted by Gasteiger charge is -2.23. The van der Waals surface area contributed by atoms with Crippen molar-refractivity contribution >= 4 is 18.2 Å². The number of aliphatic hydroxyl groups is 1. The zero-order valence-corrected chi connectivity index (χ0v) is 7.85. The molecule has 0 aromatic heterocycles. The summed E-state index contributed by atoms with van der Waals surface area (Å²) in [5.41, 5.74) is 5.22. The molecule has 2 atom stereocenters. The highest BCUT2D eigenvalue weighted by Gasteiger charge is 2.24. The molecule has 3 nitrogen and oxygen atoms in total. The predicted molar refractivity (Wildman–Crippen MR) is 49.3 cm³/mol. The summed E-state index contributed by atoms with van der Waals surface area (Å²) in [4.78, 5) is 11.1. The maximum atomic E-state index is 11.1. The molecule has 1 rings (SSSR count). The van der Waals surface area contributed by atoms with E-state index >= 15 is 0 Å². The lowest BCUT2D eigenvalue weighted by Crippen LogP contribution is -2.29. The molecule has 0 aromatic rings. The van der Waals surface area contributed by atoms with Crippen LogP contribution in [-0.4, -0.2) is 23.5 Å². The van der Waals surface area contributed by atoms with Crippen LogP contribution in [0, 0.1) is 5.92 Å². The number of hydrogen-bond donors (Lipinski definition) is 2. The lowest BCUT2D eigenvalue weighted by molar-refractivity contribution is -0.123. The summed E-state index contributed by atoms with van der Waals surface area (Å²) in [5.74, 6) is 0.132. The smallest absolute Gasteiger partial charge is 0.149 e. The highest BCUT2D eigenvalue weighted by molar-refractivity contribution is 5.85. The van der Waals surface area contributed by atoms with Crippen LogP contribution in [0.2, 0.25) is 0 Å². The Labute approximate surface area is 78.7 Å². The van der Waals surface area contributed by atoms with Gasteiger partial charge in [0.15, 0.2) is 0 Å². The molecule has 1 aliphatic rings. The van der Waals surface area contributed by atoms with Gasteiger partial charge in [0.1, 0.15) is 5.78 Å². The first-order valence-corrected chi connectivity index (χ1v) is 4.15. The zero-order chi connectivity index (χ0) is 8.27. The van der Waals surface area contributed by atoms with E-state index in [0.29, 0.717) is 6.42 Å². The van der Waals surface area contributed by atoms with Crippen LogP contribution in [0.1, 0.15) is 25.7 Å². The van der Waals surface area contributed by atoms with E-state index in [9.17, 15) is 9.90 Å². The molecular weight excluding hydrogens is 178 g/mol. The Balaban J connectivity index is 0.00000121. The number of rotatable bonds is 2. The van der Waals surface area contributed by atoms with Gasteiger partial charge in [-0.25, -0.2) is 0 Å². The van der Waals surface area contributed by atoms with E-state index in [4.69, 9.17) is 5.73 Å². The topological polar surface area (TPSA) is 63.3 Å². The van der Waals surface area contributed by atoms with Crippen molar-refractivity contribution < 1.29 is 9.90 Å². The van der Waals surface area contributed by atoms with Crippen LogP contribution in [0.15, 0.2) is 0 Å². The average molecular weight is 194 g/mol. The Morgan fingerprint density at radius 2 is 2.17 bits per heavy atom. The summed E-state index contributed by atoms with van der Waals surface area (Å²) in [6.07, 6.45) is 3.05. The minimum absolute atomic E-state index is 0. The average Bonchev–Trinajstić information content (AvgIpc) is 2.03. The molecule has 3 N–H and O–H groups in total. The summed E-state index contributed by atoms with van der Waals surface area (Å²) in [6.45, 7) is 0.122. The van der Waals surface area contributed by atoms with Crippen molar-refractivity contribution in [1.82, 2.24) is 0 Å². The molecule has 0 heterocycles. The van der Waals surface area contributed by atoms with Crippen molar-refractivity contribution in [2.75, 3.05) is 6.54 Å². The van der Waals surface area contributed by atoms with Crippen molar-refractivity contribution in [3.05, 3.63) is 0 Å². The van der Waals surface area contributed by atoms with Crippen molar-refractivity contribution in [2.24, 2.45) is 11.7 Å². The maximum Gasteiger partial charge on any atom is 0.149 e. The third-order valence-corrected chi connectivity index (χ3v) is 2.30. The number of halogens is 1. The van der Waals surface area contributed by atoms with Crippen molar-refractivity contribution in [3.8, 4) is 0 Å². The Hall–Kier alpha value is -0.120. The molecule has 0 spiro atoms. The van der Waals surface area contributed by atoms with Crippen molar-refractivity contribution in [2.45, 2.75) is 31.8 Å². The normalized spacial score (nSPS) is 29.2. The first kappa shape index (κ1) is 11.9. The van der Waals surface area contributed by atoms with Crippen LogP contribution >= 0.6 is 12.4 Å². The van der Waals surface area contributed by atoms with E-state index in [-0.39, 0.29) is 36.8 Å². The molecule has 4 heteroatoms. The van der Waals surface area contributed by atoms with Gasteiger partial charge in [0, 0.05) is 5.92 Å². The molecule has 0 saturated heterocycles. The molecule has 72 valence electrons. The highest BCUT2D eigenvalue weighted by Crippen LogP contribution is 2.24. The van der Waals surface area contributed by atoms with Gasteiger partial charge in [-0.2, -0.15) is 0 Å². The standard InChI is InChI=1S/C8H15NO2.ClH/c9-5-8(11)6-2-1-3-7(10)4-6;/h6-7,10H,1-5,9H2;1H. The molecule has 0 aromatic carbocycles. The summed E-state index contributed by atoms with van der Waals surface area (Å²) in [5, 5.41) is 9.23. The van der Waals surface area contributed by atoms with E-state index < -0.39 is 0 Å². The first-order chi connectivity index (χ1) is 5.24. The summed E-state index contributed by atoms with van der Waals surface area (Å²) in [6, 6.07) is 0. The molecule has 0 amide bonds. The second-order valence-electron chi connectivity index (χ2n) is 3.19. The number of ketones is 1. The summed E-state index contributed by atoms with van der Waals surface area (Å²) in [7, 11) is 0. The zero-order valence-electron chi connectivity index (χ0n) is 7.03. The fraction of sp³-hybridized carbons (Fsp3) is 0.875. The largest absolute Gasteiger partial charge is 0.393 e. The van der Waals surface area contributed by atoms with Crippen LogP contribution in [-0.2, 0) is 4.79 Å². The van der Waals surface area contributed by atoms with E-state index in [1.54, 1.807) is 0 Å². The molecule has 0 aliphatic heterocycles. The van der Waals surface area contributed by atoms with Crippen LogP contribution in [0.5, 0.6) is 0 Å². The number of carbonyl (C=O) groups excluding carboxylic acids is 1. The van der Waals surface area contributed by atoms with Gasteiger partial charge in [-0.05, 0) is 19.3 Å². The summed E-state index contributed by atoms with van der Waals surface area (Å²) < 4.78 is 0. The van der Waals surface area contributed by atoms with Gasteiger partial charge in [0.2, 0.25) is 0 Å². The monoisotopic (exact) mass is 193 g/mol. The van der Waals surface area contributed by atoms with Crippen LogP contribution < -0.4 is 5.73 Å². The molecule has 1 aliphatic carbocycles. The van der Waals surface area contributed by atoms with Gasteiger partial charge in [-0.1, -0.05) is 6.42 Å². The second-order valence-corrected chi connectivity index (χ2v) is 3.19. The van der Waals surface area contributed by atoms with Crippen LogP contribution in [0.3, 0.4) is 0 Å².